The fourth-order valence-electron chi connectivity index (χ4n) is 2.43. The highest BCUT2D eigenvalue weighted by Crippen LogP contribution is 2.23. The normalized spacial score (nSPS) is 11.5. The van der Waals surface area contributed by atoms with Crippen molar-refractivity contribution < 1.29 is 14.3 Å². The number of benzene rings is 2. The molecule has 0 aliphatic carbocycles. The van der Waals surface area contributed by atoms with Gasteiger partial charge in [-0.25, -0.2) is 4.79 Å². The average Bonchev–Trinajstić information content (AvgIpc) is 2.51. The van der Waals surface area contributed by atoms with Crippen LogP contribution in [0.3, 0.4) is 0 Å². The van der Waals surface area contributed by atoms with Gasteiger partial charge in [-0.05, 0) is 50.6 Å². The lowest BCUT2D eigenvalue weighted by molar-refractivity contribution is 0.0460. The van der Waals surface area contributed by atoms with Crippen LogP contribution < -0.4 is 5.73 Å². The molecule has 6 heteroatoms. The second kappa shape index (κ2) is 7.70. The number of ketones is 1. The Morgan fingerprint density at radius 3 is 2.24 bits per heavy atom. The molecule has 0 bridgehead atoms. The van der Waals surface area contributed by atoms with Gasteiger partial charge in [-0.3, -0.25) is 4.79 Å². The van der Waals surface area contributed by atoms with Gasteiger partial charge in [0.05, 0.1) is 11.4 Å². The summed E-state index contributed by atoms with van der Waals surface area (Å²) in [6, 6.07) is 14.4. The van der Waals surface area contributed by atoms with Gasteiger partial charge >= 0.3 is 6.09 Å². The summed E-state index contributed by atoms with van der Waals surface area (Å²) in [5.74, 6) is -0.0178. The van der Waals surface area contributed by atoms with Crippen LogP contribution in [0.5, 0.6) is 0 Å². The van der Waals surface area contributed by atoms with Gasteiger partial charge in [0, 0.05) is 12.0 Å². The van der Waals surface area contributed by atoms with Crippen LogP contribution in [-0.4, -0.2) is 17.5 Å². The molecule has 0 fully saturated rings. The molecule has 0 radical (unpaired) electrons. The molecule has 2 N–H and O–H groups in total. The molecule has 2 rings (SSSR count). The zero-order valence-electron chi connectivity index (χ0n) is 14.5. The second-order valence-electron chi connectivity index (χ2n) is 6.33. The largest absolute Gasteiger partial charge is 0.443 e. The minimum absolute atomic E-state index is 0.0178. The summed E-state index contributed by atoms with van der Waals surface area (Å²) < 4.78 is 5.10. The van der Waals surface area contributed by atoms with E-state index in [2.05, 4.69) is 10.2 Å². The molecular weight excluding hydrogens is 318 g/mol. The van der Waals surface area contributed by atoms with E-state index < -0.39 is 11.7 Å². The molecule has 6 nitrogen and oxygen atoms in total. The Balaban J connectivity index is 2.15. The first-order valence-corrected chi connectivity index (χ1v) is 7.85. The summed E-state index contributed by atoms with van der Waals surface area (Å²) in [6.45, 7) is 5.09. The number of carbonyl (C=O) groups excluding carboxylic acids is 2. The average molecular weight is 339 g/mol. The second-order valence-corrected chi connectivity index (χ2v) is 6.33. The predicted octanol–water partition coefficient (Wildman–Crippen LogP) is 4.72. The smallest absolute Gasteiger partial charge is 0.405 e. The van der Waals surface area contributed by atoms with Crippen molar-refractivity contribution in [3.8, 4) is 0 Å². The Morgan fingerprint density at radius 2 is 1.64 bits per heavy atom. The number of nitrogens with zero attached hydrogens (tertiary/aromatic N) is 2. The van der Waals surface area contributed by atoms with Gasteiger partial charge in [-0.2, -0.15) is 10.2 Å². The first-order valence-electron chi connectivity index (χ1n) is 7.85. The third-order valence-corrected chi connectivity index (χ3v) is 3.45. The van der Waals surface area contributed by atoms with E-state index >= 15 is 0 Å². The number of amides is 1. The monoisotopic (exact) mass is 339 g/mol. The molecule has 2 aromatic rings. The van der Waals surface area contributed by atoms with Crippen LogP contribution in [-0.2, 0) is 11.2 Å². The Labute approximate surface area is 146 Å². The number of ether oxygens (including phenoxy) is 1. The molecule has 0 spiro atoms. The molecular formula is C19H21N3O3. The molecule has 1 amide bonds. The molecule has 0 saturated heterocycles. The van der Waals surface area contributed by atoms with E-state index in [4.69, 9.17) is 10.5 Å². The molecule has 130 valence electrons. The maximum absolute atomic E-state index is 11.4. The van der Waals surface area contributed by atoms with Crippen LogP contribution in [0.4, 0.5) is 16.2 Å². The summed E-state index contributed by atoms with van der Waals surface area (Å²) in [4.78, 5) is 22.4. The number of hydrogen-bond donors (Lipinski definition) is 1. The van der Waals surface area contributed by atoms with Crippen LogP contribution in [0.2, 0.25) is 0 Å². The first kappa shape index (κ1) is 18.3. The minimum Gasteiger partial charge on any atom is -0.443 e. The molecule has 25 heavy (non-hydrogen) atoms. The maximum Gasteiger partial charge on any atom is 0.405 e. The van der Waals surface area contributed by atoms with Gasteiger partial charge in [0.1, 0.15) is 5.60 Å². The van der Waals surface area contributed by atoms with E-state index in [0.717, 1.165) is 5.56 Å². The summed E-state index contributed by atoms with van der Waals surface area (Å²) >= 11 is 0. The van der Waals surface area contributed by atoms with Gasteiger partial charge in [0.25, 0.3) is 0 Å². The minimum atomic E-state index is -0.800. The number of rotatable bonds is 6. The highest BCUT2D eigenvalue weighted by atomic mass is 16.6. The standard InChI is InChI=1S/C19H21N3O3/c1-13(23)15-7-5-9-17(11-15)22-21-16-8-4-6-14(10-16)12-19(2,3)25-18(20)24/h4-11H,12H2,1-3H3,(H2,20,24)/b22-21+. The molecule has 0 aliphatic heterocycles. The van der Waals surface area contributed by atoms with Crippen LogP contribution in [0.15, 0.2) is 58.8 Å². The molecule has 2 aromatic carbocycles. The fraction of sp³-hybridized carbons (Fsp3) is 0.263. The molecule has 0 unspecified atom stereocenters. The molecule has 0 aliphatic rings. The summed E-state index contributed by atoms with van der Waals surface area (Å²) in [5, 5.41) is 8.38. The van der Waals surface area contributed by atoms with Crippen molar-refractivity contribution in [3.63, 3.8) is 0 Å². The Bertz CT molecular complexity index is 813. The fourth-order valence-corrected chi connectivity index (χ4v) is 2.43. The first-order chi connectivity index (χ1) is 11.7. The van der Waals surface area contributed by atoms with Gasteiger partial charge in [0.15, 0.2) is 5.78 Å². The number of azo groups is 1. The van der Waals surface area contributed by atoms with Crippen molar-refractivity contribution in [2.24, 2.45) is 16.0 Å². The van der Waals surface area contributed by atoms with Gasteiger partial charge < -0.3 is 10.5 Å². The zero-order valence-corrected chi connectivity index (χ0v) is 14.5. The number of hydrogen-bond acceptors (Lipinski definition) is 5. The zero-order chi connectivity index (χ0) is 18.4. The van der Waals surface area contributed by atoms with Gasteiger partial charge in [-0.1, -0.05) is 24.3 Å². The number of nitrogens with two attached hydrogens (primary N) is 1. The molecule has 0 heterocycles. The van der Waals surface area contributed by atoms with E-state index in [9.17, 15) is 9.59 Å². The lowest BCUT2D eigenvalue weighted by atomic mass is 9.98. The Morgan fingerprint density at radius 1 is 1.04 bits per heavy atom. The summed E-state index contributed by atoms with van der Waals surface area (Å²) in [6.07, 6.45) is -0.301. The van der Waals surface area contributed by atoms with Crippen LogP contribution in [0, 0.1) is 0 Å². The van der Waals surface area contributed by atoms with Crippen molar-refractivity contribution >= 4 is 23.3 Å². The quantitative estimate of drug-likeness (QED) is 0.609. The Hall–Kier alpha value is -3.02. The molecule has 0 aromatic heterocycles. The van der Waals surface area contributed by atoms with E-state index in [1.54, 1.807) is 38.1 Å². The maximum atomic E-state index is 11.4. The third kappa shape index (κ3) is 5.84. The van der Waals surface area contributed by atoms with Crippen molar-refractivity contribution in [2.75, 3.05) is 0 Å². The van der Waals surface area contributed by atoms with Crippen molar-refractivity contribution in [1.29, 1.82) is 0 Å². The summed E-state index contributed by atoms with van der Waals surface area (Å²) in [7, 11) is 0. The van der Waals surface area contributed by atoms with E-state index in [-0.39, 0.29) is 5.78 Å². The van der Waals surface area contributed by atoms with Crippen molar-refractivity contribution in [3.05, 3.63) is 59.7 Å². The molecule has 0 atom stereocenters. The van der Waals surface area contributed by atoms with E-state index in [0.29, 0.717) is 23.4 Å². The highest BCUT2D eigenvalue weighted by Gasteiger charge is 2.22. The van der Waals surface area contributed by atoms with Crippen molar-refractivity contribution in [1.82, 2.24) is 0 Å². The van der Waals surface area contributed by atoms with Crippen LogP contribution in [0.1, 0.15) is 36.7 Å². The lowest BCUT2D eigenvalue weighted by Crippen LogP contribution is -2.33. The SMILES string of the molecule is CC(=O)c1cccc(/N=N/c2cccc(CC(C)(C)OC(N)=O)c2)c1. The van der Waals surface area contributed by atoms with Crippen molar-refractivity contribution in [2.45, 2.75) is 32.8 Å². The number of Topliss-reactive ketones (excluding diaryl/α,β-unsaturated/α-hetero) is 1. The highest BCUT2D eigenvalue weighted by molar-refractivity contribution is 5.94. The number of carbonyl (C=O) groups is 2. The van der Waals surface area contributed by atoms with Gasteiger partial charge in [0.2, 0.25) is 0 Å². The topological polar surface area (TPSA) is 94.1 Å². The number of primary amides is 1. The lowest BCUT2D eigenvalue weighted by Gasteiger charge is -2.24. The predicted molar refractivity (Wildman–Crippen MR) is 95.5 cm³/mol. The Kier molecular flexibility index (Phi) is 5.64. The molecule has 0 saturated carbocycles. The van der Waals surface area contributed by atoms with Crippen LogP contribution >= 0.6 is 0 Å². The van der Waals surface area contributed by atoms with Crippen LogP contribution in [0.25, 0.3) is 0 Å². The summed E-state index contributed by atoms with van der Waals surface area (Å²) in [5.41, 5.74) is 7.19. The van der Waals surface area contributed by atoms with Gasteiger partial charge in [-0.15, -0.1) is 0 Å². The third-order valence-electron chi connectivity index (χ3n) is 3.45. The van der Waals surface area contributed by atoms with E-state index in [1.165, 1.54) is 6.92 Å². The van der Waals surface area contributed by atoms with E-state index in [1.807, 2.05) is 24.3 Å².